The number of hydrogen-bond acceptors (Lipinski definition) is 3. The van der Waals surface area contributed by atoms with Gasteiger partial charge in [-0.15, -0.1) is 0 Å². The van der Waals surface area contributed by atoms with Crippen molar-refractivity contribution < 1.29 is 4.74 Å². The summed E-state index contributed by atoms with van der Waals surface area (Å²) in [5.74, 6) is 0.902. The first-order valence-corrected chi connectivity index (χ1v) is 9.23. The van der Waals surface area contributed by atoms with E-state index in [2.05, 4.69) is 73.5 Å². The van der Waals surface area contributed by atoms with Crippen molar-refractivity contribution in [2.45, 2.75) is 12.6 Å². The van der Waals surface area contributed by atoms with Gasteiger partial charge in [0.2, 0.25) is 5.72 Å². The lowest BCUT2D eigenvalue weighted by Gasteiger charge is -2.46. The summed E-state index contributed by atoms with van der Waals surface area (Å²) in [4.78, 5) is 7.14. The predicted octanol–water partition coefficient (Wildman–Crippen LogP) is 5.40. The zero-order chi connectivity index (χ0) is 18.2. The van der Waals surface area contributed by atoms with Crippen LogP contribution in [0, 0.1) is 6.92 Å². The van der Waals surface area contributed by atoms with Crippen molar-refractivity contribution in [3.05, 3.63) is 83.6 Å². The van der Waals surface area contributed by atoms with E-state index >= 15 is 0 Å². The second-order valence-corrected chi connectivity index (χ2v) is 7.33. The van der Waals surface area contributed by atoms with Gasteiger partial charge in [-0.1, -0.05) is 42.5 Å². The molecule has 130 valence electrons. The highest BCUT2D eigenvalue weighted by Crippen LogP contribution is 2.50. The fraction of sp³-hybridized carbons (Fsp3) is 0.125. The van der Waals surface area contributed by atoms with Gasteiger partial charge in [0.25, 0.3) is 0 Å². The molecule has 1 aromatic heterocycles. The maximum absolute atomic E-state index is 6.69. The Balaban J connectivity index is 1.77. The monoisotopic (exact) mass is 350 g/mol. The van der Waals surface area contributed by atoms with Crippen LogP contribution < -0.4 is 9.64 Å². The molecule has 0 saturated carbocycles. The molecule has 0 saturated heterocycles. The summed E-state index contributed by atoms with van der Waals surface area (Å²) in [6, 6.07) is 21.0. The number of nitrogens with zero attached hydrogens (tertiary/aromatic N) is 2. The lowest BCUT2D eigenvalue weighted by Crippen LogP contribution is -2.50. The molecule has 3 heterocycles. The minimum atomic E-state index is -0.675. The largest absolute Gasteiger partial charge is 0.459 e. The van der Waals surface area contributed by atoms with Crippen LogP contribution in [0.1, 0.15) is 16.8 Å². The molecular formula is C24H18N2O. The van der Waals surface area contributed by atoms with E-state index in [1.54, 1.807) is 0 Å². The highest BCUT2D eigenvalue weighted by atomic mass is 16.5. The number of aromatic nitrogens is 1. The van der Waals surface area contributed by atoms with E-state index in [0.29, 0.717) is 0 Å². The molecule has 0 amide bonds. The average Bonchev–Trinajstić information content (AvgIpc) is 2.71. The number of para-hydroxylation sites is 1. The van der Waals surface area contributed by atoms with E-state index in [1.807, 2.05) is 18.2 Å². The summed E-state index contributed by atoms with van der Waals surface area (Å²) in [5.41, 5.74) is 4.83. The van der Waals surface area contributed by atoms with Crippen LogP contribution in [-0.2, 0) is 5.72 Å². The maximum Gasteiger partial charge on any atom is 0.229 e. The average molecular weight is 350 g/mol. The Hall–Kier alpha value is -3.33. The molecular weight excluding hydrogens is 332 g/mol. The number of anilines is 1. The summed E-state index contributed by atoms with van der Waals surface area (Å²) in [6.07, 6.45) is 4.34. The quantitative estimate of drug-likeness (QED) is 0.397. The summed E-state index contributed by atoms with van der Waals surface area (Å²) < 4.78 is 6.69. The summed E-state index contributed by atoms with van der Waals surface area (Å²) in [5, 5.41) is 3.66. The van der Waals surface area contributed by atoms with Crippen LogP contribution in [0.5, 0.6) is 5.75 Å². The Morgan fingerprint density at radius 2 is 1.78 bits per heavy atom. The molecule has 2 aliphatic rings. The van der Waals surface area contributed by atoms with Crippen LogP contribution in [0.4, 0.5) is 5.69 Å². The third kappa shape index (κ3) is 1.74. The summed E-state index contributed by atoms with van der Waals surface area (Å²) in [6.45, 7) is 2.09. The molecule has 4 aromatic rings. The van der Waals surface area contributed by atoms with Gasteiger partial charge in [0, 0.05) is 45.7 Å². The van der Waals surface area contributed by atoms with E-state index in [0.717, 1.165) is 28.1 Å². The number of hydrogen-bond donors (Lipinski definition) is 0. The number of ether oxygens (including phenoxy) is 1. The molecule has 27 heavy (non-hydrogen) atoms. The van der Waals surface area contributed by atoms with Crippen molar-refractivity contribution in [2.75, 3.05) is 11.9 Å². The molecule has 0 N–H and O–H groups in total. The van der Waals surface area contributed by atoms with Crippen LogP contribution in [0.15, 0.2) is 66.7 Å². The second-order valence-electron chi connectivity index (χ2n) is 7.33. The molecule has 2 aliphatic heterocycles. The molecule has 3 nitrogen and oxygen atoms in total. The normalized spacial score (nSPS) is 19.7. The van der Waals surface area contributed by atoms with Gasteiger partial charge in [-0.05, 0) is 37.3 Å². The smallest absolute Gasteiger partial charge is 0.229 e. The molecule has 1 atom stereocenters. The SMILES string of the molecule is Cc1nc2cccc3c2c2c(cccc12)N(C)C31C=Cc2ccccc2O1. The molecule has 0 bridgehead atoms. The van der Waals surface area contributed by atoms with Crippen molar-refractivity contribution in [3.8, 4) is 5.75 Å². The fourth-order valence-electron chi connectivity index (χ4n) is 4.62. The van der Waals surface area contributed by atoms with E-state index in [4.69, 9.17) is 9.72 Å². The first-order chi connectivity index (χ1) is 13.2. The Bertz CT molecular complexity index is 1290. The predicted molar refractivity (Wildman–Crippen MR) is 110 cm³/mol. The van der Waals surface area contributed by atoms with Gasteiger partial charge in [-0.3, -0.25) is 4.98 Å². The summed E-state index contributed by atoms with van der Waals surface area (Å²) >= 11 is 0. The third-order valence-electron chi connectivity index (χ3n) is 5.93. The van der Waals surface area contributed by atoms with Crippen molar-refractivity contribution in [2.24, 2.45) is 0 Å². The second kappa shape index (κ2) is 4.89. The van der Waals surface area contributed by atoms with Crippen LogP contribution in [0.3, 0.4) is 0 Å². The van der Waals surface area contributed by atoms with Crippen molar-refractivity contribution in [1.82, 2.24) is 4.98 Å². The van der Waals surface area contributed by atoms with Crippen LogP contribution in [-0.4, -0.2) is 12.0 Å². The third-order valence-corrected chi connectivity index (χ3v) is 5.93. The van der Waals surface area contributed by atoms with Gasteiger partial charge in [0.05, 0.1) is 5.52 Å². The topological polar surface area (TPSA) is 25.4 Å². The maximum atomic E-state index is 6.69. The van der Waals surface area contributed by atoms with E-state index in [-0.39, 0.29) is 0 Å². The van der Waals surface area contributed by atoms with Crippen LogP contribution in [0.2, 0.25) is 0 Å². The minimum Gasteiger partial charge on any atom is -0.459 e. The lowest BCUT2D eigenvalue weighted by atomic mass is 9.86. The number of pyridine rings is 1. The number of benzene rings is 3. The van der Waals surface area contributed by atoms with Crippen molar-refractivity contribution >= 4 is 33.4 Å². The molecule has 6 rings (SSSR count). The molecule has 1 spiro atoms. The molecule has 0 radical (unpaired) electrons. The first kappa shape index (κ1) is 14.8. The molecule has 0 aliphatic carbocycles. The minimum absolute atomic E-state index is 0.675. The Labute approximate surface area is 157 Å². The van der Waals surface area contributed by atoms with Crippen LogP contribution >= 0.6 is 0 Å². The van der Waals surface area contributed by atoms with Gasteiger partial charge in [0.1, 0.15) is 5.75 Å². The highest BCUT2D eigenvalue weighted by Gasteiger charge is 2.44. The van der Waals surface area contributed by atoms with Crippen molar-refractivity contribution in [1.29, 1.82) is 0 Å². The zero-order valence-electron chi connectivity index (χ0n) is 15.2. The Morgan fingerprint density at radius 1 is 0.926 bits per heavy atom. The van der Waals surface area contributed by atoms with Gasteiger partial charge in [0.15, 0.2) is 0 Å². The first-order valence-electron chi connectivity index (χ1n) is 9.23. The highest BCUT2D eigenvalue weighted by molar-refractivity contribution is 6.16. The Morgan fingerprint density at radius 3 is 2.70 bits per heavy atom. The van der Waals surface area contributed by atoms with Gasteiger partial charge in [-0.25, -0.2) is 0 Å². The van der Waals surface area contributed by atoms with Crippen LogP contribution in [0.25, 0.3) is 27.8 Å². The number of rotatable bonds is 0. The lowest BCUT2D eigenvalue weighted by molar-refractivity contribution is 0.118. The number of fused-ring (bicyclic) bond motifs is 2. The zero-order valence-corrected chi connectivity index (χ0v) is 15.2. The standard InChI is InChI=1S/C24H18N2O/c1-15-17-8-5-11-20-22(17)23-18(9-6-10-19(23)25-15)24(26(20)2)14-13-16-7-3-4-12-21(16)27-24/h3-14H,1-2H3. The molecule has 0 fully saturated rings. The van der Waals surface area contributed by atoms with Gasteiger partial charge in [-0.2, -0.15) is 0 Å². The van der Waals surface area contributed by atoms with E-state index in [1.165, 1.54) is 21.8 Å². The fourth-order valence-corrected chi connectivity index (χ4v) is 4.62. The summed E-state index contributed by atoms with van der Waals surface area (Å²) in [7, 11) is 2.12. The molecule has 1 unspecified atom stereocenters. The van der Waals surface area contributed by atoms with Gasteiger partial charge < -0.3 is 9.64 Å². The molecule has 3 aromatic carbocycles. The number of likely N-dealkylation sites (N-methyl/N-ethyl adjacent to an activating group) is 1. The molecule has 3 heteroatoms. The van der Waals surface area contributed by atoms with E-state index in [9.17, 15) is 0 Å². The van der Waals surface area contributed by atoms with E-state index < -0.39 is 5.72 Å². The Kier molecular flexibility index (Phi) is 2.68. The van der Waals surface area contributed by atoms with Gasteiger partial charge >= 0.3 is 0 Å². The van der Waals surface area contributed by atoms with Crippen molar-refractivity contribution in [3.63, 3.8) is 0 Å². The number of aryl methyl sites for hydroxylation is 1.